The van der Waals surface area contributed by atoms with Crippen LogP contribution in [0.2, 0.25) is 0 Å². The average Bonchev–Trinajstić information content (AvgIpc) is 3.78. The average molecular weight is 859 g/mol. The Morgan fingerprint density at radius 1 is 0.318 bits per heavy atom. The molecule has 8 aromatic rings. The third kappa shape index (κ3) is 8.10. The molecule has 0 fully saturated rings. The summed E-state index contributed by atoms with van der Waals surface area (Å²) in [6.45, 7) is 8.99. The summed E-state index contributed by atoms with van der Waals surface area (Å²) in [5.41, 5.74) is 16.4. The molecule has 66 heavy (non-hydrogen) atoms. The third-order valence-electron chi connectivity index (χ3n) is 12.5. The number of hydrogen-bond donors (Lipinski definition) is 0. The van der Waals surface area contributed by atoms with Crippen LogP contribution in [0.4, 0.5) is 34.1 Å². The lowest BCUT2D eigenvalue weighted by Crippen LogP contribution is -2.29. The summed E-state index contributed by atoms with van der Waals surface area (Å²) in [4.78, 5) is 38.7. The van der Waals surface area contributed by atoms with Crippen molar-refractivity contribution < 1.29 is 9.59 Å². The first-order valence-corrected chi connectivity index (χ1v) is 22.5. The van der Waals surface area contributed by atoms with Gasteiger partial charge >= 0.3 is 0 Å². The van der Waals surface area contributed by atoms with Crippen LogP contribution in [-0.4, -0.2) is 21.6 Å². The number of anilines is 6. The van der Waals surface area contributed by atoms with E-state index >= 15 is 9.59 Å². The number of carbonyl (C=O) groups excluding carboxylic acids is 2. The van der Waals surface area contributed by atoms with E-state index in [0.717, 1.165) is 56.4 Å². The van der Waals surface area contributed by atoms with E-state index in [2.05, 4.69) is 159 Å². The van der Waals surface area contributed by atoms with E-state index in [1.54, 1.807) is 9.80 Å². The number of carbonyl (C=O) groups is 2. The van der Waals surface area contributed by atoms with Crippen LogP contribution in [0.25, 0.3) is 11.4 Å². The molecule has 8 aromatic carbocycles. The van der Waals surface area contributed by atoms with Crippen LogP contribution in [0, 0.1) is 27.7 Å². The van der Waals surface area contributed by atoms with Gasteiger partial charge in [0.15, 0.2) is 0 Å². The highest BCUT2D eigenvalue weighted by Crippen LogP contribution is 2.49. The Morgan fingerprint density at radius 3 is 0.818 bits per heavy atom. The zero-order valence-electron chi connectivity index (χ0n) is 37.6. The van der Waals surface area contributed by atoms with Crippen molar-refractivity contribution in [1.82, 2.24) is 9.80 Å². The SMILES string of the molecule is Cc1ccc(N(c2ccc(C)cc2)c2ccc(C3=C4C(=O)N(Cc5ccccc5)C(c5ccc(N(c6ccc(C)cc6)c6ccc(C)cc6)cc5)=C4C(=O)N3Cc3ccccc3)cc2)cc1. The lowest BCUT2D eigenvalue weighted by atomic mass is 10.0. The van der Waals surface area contributed by atoms with Crippen molar-refractivity contribution >= 4 is 57.3 Å². The van der Waals surface area contributed by atoms with Gasteiger partial charge in [-0.25, -0.2) is 0 Å². The number of fused-ring (bicyclic) bond motifs is 1. The first kappa shape index (κ1) is 41.8. The smallest absolute Gasteiger partial charge is 0.261 e. The van der Waals surface area contributed by atoms with E-state index < -0.39 is 0 Å². The molecule has 2 heterocycles. The van der Waals surface area contributed by atoms with E-state index in [0.29, 0.717) is 35.6 Å². The van der Waals surface area contributed by atoms with E-state index in [9.17, 15) is 0 Å². The lowest BCUT2D eigenvalue weighted by Gasteiger charge is -2.28. The molecule has 2 aliphatic heterocycles. The highest BCUT2D eigenvalue weighted by atomic mass is 16.2. The fourth-order valence-electron chi connectivity index (χ4n) is 9.04. The number of hydrogen-bond acceptors (Lipinski definition) is 4. The quantitative estimate of drug-likeness (QED) is 0.123. The lowest BCUT2D eigenvalue weighted by molar-refractivity contribution is -0.124. The van der Waals surface area contributed by atoms with Gasteiger partial charge in [-0.15, -0.1) is 0 Å². The number of nitrogens with zero attached hydrogens (tertiary/aromatic N) is 4. The first-order valence-electron chi connectivity index (χ1n) is 22.5. The Hall–Kier alpha value is -8.22. The molecule has 6 heteroatoms. The van der Waals surface area contributed by atoms with Crippen LogP contribution in [0.5, 0.6) is 0 Å². The first-order chi connectivity index (χ1) is 32.2. The summed E-state index contributed by atoms with van der Waals surface area (Å²) in [5, 5.41) is 0. The Labute approximate surface area is 387 Å². The van der Waals surface area contributed by atoms with E-state index in [1.165, 1.54) is 22.3 Å². The summed E-state index contributed by atoms with van der Waals surface area (Å²) in [7, 11) is 0. The van der Waals surface area contributed by atoms with Crippen molar-refractivity contribution in [3.8, 4) is 0 Å². The predicted octanol–water partition coefficient (Wildman–Crippen LogP) is 14.1. The molecule has 0 spiro atoms. The second kappa shape index (κ2) is 17.7. The Balaban J connectivity index is 1.12. The highest BCUT2D eigenvalue weighted by molar-refractivity contribution is 6.30. The van der Waals surface area contributed by atoms with Gasteiger partial charge in [-0.05, 0) is 123 Å². The van der Waals surface area contributed by atoms with Crippen molar-refractivity contribution in [2.45, 2.75) is 40.8 Å². The molecule has 322 valence electrons. The standard InChI is InChI=1S/C60H50N4O2/c1-41-15-27-49(28-16-41)63(50-29-17-42(2)18-30-50)53-35-23-47(24-36-53)57-55-56(60(66)61(57)39-45-11-7-5-8-12-45)58(62(59(55)65)40-46-13-9-6-10-14-46)48-25-37-54(38-26-48)64(51-31-19-43(3)20-32-51)52-33-21-44(4)22-34-52/h5-38H,39-40H2,1-4H3. The van der Waals surface area contributed by atoms with Gasteiger partial charge in [0.05, 0.1) is 35.6 Å². The number of aryl methyl sites for hydroxylation is 4. The molecule has 2 amide bonds. The molecule has 0 bridgehead atoms. The van der Waals surface area contributed by atoms with E-state index in [-0.39, 0.29) is 11.8 Å². The Kier molecular flexibility index (Phi) is 11.2. The molecule has 0 atom stereocenters. The molecule has 0 radical (unpaired) electrons. The van der Waals surface area contributed by atoms with Crippen LogP contribution < -0.4 is 9.80 Å². The van der Waals surface area contributed by atoms with Gasteiger partial charge in [0.25, 0.3) is 11.8 Å². The van der Waals surface area contributed by atoms with Crippen molar-refractivity contribution in [2.75, 3.05) is 9.80 Å². The second-order valence-electron chi connectivity index (χ2n) is 17.3. The summed E-state index contributed by atoms with van der Waals surface area (Å²) < 4.78 is 0. The highest BCUT2D eigenvalue weighted by Gasteiger charge is 2.49. The Morgan fingerprint density at radius 2 is 0.561 bits per heavy atom. The van der Waals surface area contributed by atoms with Crippen LogP contribution in [0.15, 0.2) is 217 Å². The van der Waals surface area contributed by atoms with Crippen molar-refractivity contribution in [3.05, 3.63) is 262 Å². The maximum absolute atomic E-state index is 15.3. The van der Waals surface area contributed by atoms with Crippen molar-refractivity contribution in [1.29, 1.82) is 0 Å². The van der Waals surface area contributed by atoms with Crippen molar-refractivity contribution in [2.24, 2.45) is 0 Å². The zero-order valence-corrected chi connectivity index (χ0v) is 37.6. The zero-order chi connectivity index (χ0) is 45.3. The van der Waals surface area contributed by atoms with Gasteiger partial charge in [0.1, 0.15) is 0 Å². The predicted molar refractivity (Wildman–Crippen MR) is 269 cm³/mol. The summed E-state index contributed by atoms with van der Waals surface area (Å²) in [5.74, 6) is -0.393. The molecule has 0 aliphatic carbocycles. The molecule has 0 unspecified atom stereocenters. The Bertz CT molecular complexity index is 2800. The van der Waals surface area contributed by atoms with Crippen LogP contribution in [-0.2, 0) is 22.7 Å². The van der Waals surface area contributed by atoms with Crippen molar-refractivity contribution in [3.63, 3.8) is 0 Å². The second-order valence-corrected chi connectivity index (χ2v) is 17.3. The summed E-state index contributed by atoms with van der Waals surface area (Å²) >= 11 is 0. The number of benzene rings is 8. The summed E-state index contributed by atoms with van der Waals surface area (Å²) in [6.07, 6.45) is 0. The molecule has 10 rings (SSSR count). The monoisotopic (exact) mass is 858 g/mol. The van der Waals surface area contributed by atoms with Gasteiger partial charge in [-0.3, -0.25) is 9.59 Å². The molecular formula is C60H50N4O2. The minimum absolute atomic E-state index is 0.196. The van der Waals surface area contributed by atoms with E-state index in [1.807, 2.05) is 84.9 Å². The molecule has 2 aliphatic rings. The van der Waals surface area contributed by atoms with E-state index in [4.69, 9.17) is 0 Å². The number of amides is 2. The van der Waals surface area contributed by atoms with Gasteiger partial charge in [0, 0.05) is 34.1 Å². The summed E-state index contributed by atoms with van der Waals surface area (Å²) in [6, 6.07) is 70.6. The van der Waals surface area contributed by atoms with Crippen LogP contribution >= 0.6 is 0 Å². The topological polar surface area (TPSA) is 47.1 Å². The van der Waals surface area contributed by atoms with Crippen LogP contribution in [0.3, 0.4) is 0 Å². The molecule has 0 saturated heterocycles. The molecular weight excluding hydrogens is 809 g/mol. The fourth-order valence-corrected chi connectivity index (χ4v) is 9.04. The molecule has 0 saturated carbocycles. The molecule has 6 nitrogen and oxygen atoms in total. The van der Waals surface area contributed by atoms with Crippen LogP contribution in [0.1, 0.15) is 44.5 Å². The van der Waals surface area contributed by atoms with Gasteiger partial charge in [-0.1, -0.05) is 156 Å². The van der Waals surface area contributed by atoms with Gasteiger partial charge in [-0.2, -0.15) is 0 Å². The number of rotatable bonds is 12. The maximum Gasteiger partial charge on any atom is 0.261 e. The van der Waals surface area contributed by atoms with Gasteiger partial charge in [0.2, 0.25) is 0 Å². The fraction of sp³-hybridized carbons (Fsp3) is 0.100. The minimum Gasteiger partial charge on any atom is -0.311 e. The minimum atomic E-state index is -0.196. The normalized spacial score (nSPS) is 13.5. The maximum atomic E-state index is 15.3. The molecule has 0 aromatic heterocycles. The molecule has 0 N–H and O–H groups in total. The van der Waals surface area contributed by atoms with Gasteiger partial charge < -0.3 is 19.6 Å². The largest absolute Gasteiger partial charge is 0.311 e. The third-order valence-corrected chi connectivity index (χ3v) is 12.5.